The van der Waals surface area contributed by atoms with Gasteiger partial charge in [0.2, 0.25) is 9.84 Å². The van der Waals surface area contributed by atoms with E-state index in [4.69, 9.17) is 23.2 Å². The Kier molecular flexibility index (Phi) is 6.89. The first-order valence-corrected chi connectivity index (χ1v) is 10.5. The van der Waals surface area contributed by atoms with Crippen LogP contribution < -0.4 is 10.6 Å². The van der Waals surface area contributed by atoms with Crippen molar-refractivity contribution in [3.8, 4) is 0 Å². The molecule has 0 aromatic heterocycles. The van der Waals surface area contributed by atoms with E-state index in [1.807, 2.05) is 0 Å². The SMILES string of the molecule is C=C(C)C(=O)Nc1ccc(S(=O)(=O)c2ccc(NC(=O)C(=C)C)c(Cl)c2)cc1Cl. The molecule has 0 aliphatic heterocycles. The van der Waals surface area contributed by atoms with Crippen molar-refractivity contribution in [2.24, 2.45) is 0 Å². The molecule has 0 saturated heterocycles. The lowest BCUT2D eigenvalue weighted by Gasteiger charge is -2.11. The zero-order chi connectivity index (χ0) is 21.9. The van der Waals surface area contributed by atoms with Crippen LogP contribution in [0.2, 0.25) is 10.0 Å². The summed E-state index contributed by atoms with van der Waals surface area (Å²) in [6, 6.07) is 7.88. The summed E-state index contributed by atoms with van der Waals surface area (Å²) in [5.41, 5.74) is 1.08. The van der Waals surface area contributed by atoms with Gasteiger partial charge in [0.05, 0.1) is 31.2 Å². The van der Waals surface area contributed by atoms with E-state index >= 15 is 0 Å². The summed E-state index contributed by atoms with van der Waals surface area (Å²) in [6.07, 6.45) is 0. The standard InChI is InChI=1S/C20H18Cl2N2O4S/c1-11(2)19(25)23-17-7-5-13(9-15(17)21)29(27,28)14-6-8-18(16(22)10-14)24-20(26)12(3)4/h5-10H,1,3H2,2,4H3,(H,23,25)(H,24,26). The molecule has 9 heteroatoms. The van der Waals surface area contributed by atoms with E-state index in [0.29, 0.717) is 0 Å². The lowest BCUT2D eigenvalue weighted by atomic mass is 10.2. The number of anilines is 2. The quantitative estimate of drug-likeness (QED) is 0.612. The molecule has 0 saturated carbocycles. The molecule has 0 aliphatic rings. The van der Waals surface area contributed by atoms with E-state index in [9.17, 15) is 18.0 Å². The van der Waals surface area contributed by atoms with Gasteiger partial charge >= 0.3 is 0 Å². The van der Waals surface area contributed by atoms with Gasteiger partial charge in [0.1, 0.15) is 0 Å². The van der Waals surface area contributed by atoms with Crippen molar-refractivity contribution in [1.29, 1.82) is 0 Å². The number of hydrogen-bond acceptors (Lipinski definition) is 4. The lowest BCUT2D eigenvalue weighted by Crippen LogP contribution is -2.13. The normalized spacial score (nSPS) is 10.9. The van der Waals surface area contributed by atoms with Crippen LogP contribution in [0, 0.1) is 0 Å². The Morgan fingerprint density at radius 3 is 1.41 bits per heavy atom. The van der Waals surface area contributed by atoms with Gasteiger partial charge in [-0.05, 0) is 50.2 Å². The Bertz CT molecular complexity index is 1060. The van der Waals surface area contributed by atoms with Gasteiger partial charge in [-0.3, -0.25) is 9.59 Å². The summed E-state index contributed by atoms with van der Waals surface area (Å²) in [4.78, 5) is 23.3. The largest absolute Gasteiger partial charge is 0.321 e. The van der Waals surface area contributed by atoms with Crippen LogP contribution in [-0.2, 0) is 19.4 Å². The number of carbonyl (C=O) groups excluding carboxylic acids is 2. The Balaban J connectivity index is 2.35. The Morgan fingerprint density at radius 1 is 0.793 bits per heavy atom. The predicted octanol–water partition coefficient (Wildman–Crippen LogP) is 4.86. The highest BCUT2D eigenvalue weighted by molar-refractivity contribution is 7.91. The van der Waals surface area contributed by atoms with E-state index in [0.717, 1.165) is 0 Å². The van der Waals surface area contributed by atoms with Gasteiger partial charge in [0.25, 0.3) is 11.8 Å². The van der Waals surface area contributed by atoms with Crippen LogP contribution in [0.5, 0.6) is 0 Å². The fourth-order valence-electron chi connectivity index (χ4n) is 2.12. The molecule has 2 aromatic carbocycles. The fourth-order valence-corrected chi connectivity index (χ4v) is 4.02. The second-order valence-corrected chi connectivity index (χ2v) is 9.02. The van der Waals surface area contributed by atoms with Crippen LogP contribution >= 0.6 is 23.2 Å². The number of nitrogens with one attached hydrogen (secondary N) is 2. The van der Waals surface area contributed by atoms with Gasteiger partial charge in [-0.2, -0.15) is 0 Å². The Hall–Kier alpha value is -2.61. The Labute approximate surface area is 179 Å². The monoisotopic (exact) mass is 452 g/mol. The van der Waals surface area contributed by atoms with Gasteiger partial charge in [0, 0.05) is 11.1 Å². The van der Waals surface area contributed by atoms with E-state index in [1.165, 1.54) is 50.2 Å². The maximum absolute atomic E-state index is 12.9. The lowest BCUT2D eigenvalue weighted by molar-refractivity contribution is -0.113. The predicted molar refractivity (Wildman–Crippen MR) is 115 cm³/mol. The maximum Gasteiger partial charge on any atom is 0.250 e. The zero-order valence-corrected chi connectivity index (χ0v) is 18.0. The van der Waals surface area contributed by atoms with Crippen molar-refractivity contribution in [3.05, 3.63) is 70.7 Å². The van der Waals surface area contributed by atoms with Crippen molar-refractivity contribution < 1.29 is 18.0 Å². The minimum atomic E-state index is -3.94. The molecule has 0 unspecified atom stereocenters. The maximum atomic E-state index is 12.9. The van der Waals surface area contributed by atoms with Crippen molar-refractivity contribution in [2.75, 3.05) is 10.6 Å². The molecule has 0 heterocycles. The molecular formula is C20H18Cl2N2O4S. The Morgan fingerprint density at radius 2 is 1.14 bits per heavy atom. The van der Waals surface area contributed by atoms with Gasteiger partial charge < -0.3 is 10.6 Å². The highest BCUT2D eigenvalue weighted by Crippen LogP contribution is 2.32. The second-order valence-electron chi connectivity index (χ2n) is 6.26. The smallest absolute Gasteiger partial charge is 0.250 e. The molecule has 0 bridgehead atoms. The molecule has 0 aliphatic carbocycles. The van der Waals surface area contributed by atoms with Crippen molar-refractivity contribution in [3.63, 3.8) is 0 Å². The van der Waals surface area contributed by atoms with Crippen LogP contribution in [0.3, 0.4) is 0 Å². The van der Waals surface area contributed by atoms with Gasteiger partial charge in [-0.1, -0.05) is 36.4 Å². The van der Waals surface area contributed by atoms with Gasteiger partial charge in [0.15, 0.2) is 0 Å². The number of benzene rings is 2. The third-order valence-electron chi connectivity index (χ3n) is 3.77. The van der Waals surface area contributed by atoms with Crippen molar-refractivity contribution in [1.82, 2.24) is 0 Å². The molecule has 6 nitrogen and oxygen atoms in total. The first-order valence-electron chi connectivity index (χ1n) is 8.21. The molecule has 2 N–H and O–H groups in total. The van der Waals surface area contributed by atoms with E-state index in [1.54, 1.807) is 0 Å². The minimum Gasteiger partial charge on any atom is -0.321 e. The fraction of sp³-hybridized carbons (Fsp3) is 0.100. The molecular weight excluding hydrogens is 435 g/mol. The molecule has 0 fully saturated rings. The zero-order valence-electron chi connectivity index (χ0n) is 15.7. The highest BCUT2D eigenvalue weighted by atomic mass is 35.5. The number of hydrogen-bond donors (Lipinski definition) is 2. The molecule has 0 atom stereocenters. The van der Waals surface area contributed by atoms with Gasteiger partial charge in [-0.25, -0.2) is 8.42 Å². The average Bonchev–Trinajstić information content (AvgIpc) is 2.64. The summed E-state index contributed by atoms with van der Waals surface area (Å²) >= 11 is 12.2. The van der Waals surface area contributed by atoms with E-state index in [2.05, 4.69) is 23.8 Å². The number of sulfone groups is 1. The number of carbonyl (C=O) groups is 2. The third-order valence-corrected chi connectivity index (χ3v) is 6.15. The van der Waals surface area contributed by atoms with Crippen LogP contribution in [0.15, 0.2) is 70.5 Å². The molecule has 2 rings (SSSR count). The molecule has 29 heavy (non-hydrogen) atoms. The van der Waals surface area contributed by atoms with Crippen molar-refractivity contribution in [2.45, 2.75) is 23.6 Å². The number of amides is 2. The summed E-state index contributed by atoms with van der Waals surface area (Å²) in [6.45, 7) is 10.1. The minimum absolute atomic E-state index is 0.0529. The average molecular weight is 453 g/mol. The summed E-state index contributed by atoms with van der Waals surface area (Å²) < 4.78 is 25.8. The van der Waals surface area contributed by atoms with Crippen LogP contribution in [0.1, 0.15) is 13.8 Å². The molecule has 0 spiro atoms. The summed E-state index contributed by atoms with van der Waals surface area (Å²) in [5.74, 6) is -0.858. The first kappa shape index (κ1) is 22.7. The second kappa shape index (κ2) is 8.82. The van der Waals surface area contributed by atoms with Crippen molar-refractivity contribution >= 4 is 56.2 Å². The molecule has 2 aromatic rings. The number of rotatable bonds is 6. The molecule has 152 valence electrons. The van der Waals surface area contributed by atoms with E-state index in [-0.39, 0.29) is 42.4 Å². The highest BCUT2D eigenvalue weighted by Gasteiger charge is 2.21. The van der Waals surface area contributed by atoms with Gasteiger partial charge in [-0.15, -0.1) is 0 Å². The molecule has 2 amide bonds. The summed E-state index contributed by atoms with van der Waals surface area (Å²) in [5, 5.41) is 5.18. The third kappa shape index (κ3) is 5.26. The van der Waals surface area contributed by atoms with E-state index < -0.39 is 21.7 Å². The molecule has 0 radical (unpaired) electrons. The van der Waals surface area contributed by atoms with Crippen LogP contribution in [0.4, 0.5) is 11.4 Å². The van der Waals surface area contributed by atoms with Crippen LogP contribution in [0.25, 0.3) is 0 Å². The van der Waals surface area contributed by atoms with Crippen LogP contribution in [-0.4, -0.2) is 20.2 Å². The number of halogens is 2. The topological polar surface area (TPSA) is 92.3 Å². The first-order chi connectivity index (χ1) is 13.4. The summed E-state index contributed by atoms with van der Waals surface area (Å²) in [7, 11) is -3.94.